The summed E-state index contributed by atoms with van der Waals surface area (Å²) >= 11 is 0. The van der Waals surface area contributed by atoms with Crippen LogP contribution in [-0.4, -0.2) is 55.1 Å². The minimum Gasteiger partial charge on any atom is -0.496 e. The number of hydrogen-bond acceptors (Lipinski definition) is 4. The third-order valence-corrected chi connectivity index (χ3v) is 5.24. The predicted octanol–water partition coefficient (Wildman–Crippen LogP) is 2.48. The van der Waals surface area contributed by atoms with Gasteiger partial charge in [0.15, 0.2) is 6.10 Å². The molecule has 1 amide bonds. The lowest BCUT2D eigenvalue weighted by atomic mass is 10.1. The van der Waals surface area contributed by atoms with Gasteiger partial charge in [-0.05, 0) is 29.8 Å². The molecule has 1 atom stereocenters. The third kappa shape index (κ3) is 3.76. The maximum Gasteiger partial charge on any atom is 0.264 e. The summed E-state index contributed by atoms with van der Waals surface area (Å²) in [6.07, 6.45) is 0.215. The van der Waals surface area contributed by atoms with Crippen LogP contribution in [0.1, 0.15) is 11.1 Å². The van der Waals surface area contributed by atoms with Gasteiger partial charge in [-0.3, -0.25) is 9.69 Å². The summed E-state index contributed by atoms with van der Waals surface area (Å²) < 4.78 is 24.7. The second-order valence-electron chi connectivity index (χ2n) is 6.98. The number of piperazine rings is 1. The van der Waals surface area contributed by atoms with Crippen LogP contribution < -0.4 is 9.47 Å². The number of rotatable bonds is 4. The van der Waals surface area contributed by atoms with Crippen molar-refractivity contribution in [2.24, 2.45) is 0 Å². The van der Waals surface area contributed by atoms with Crippen molar-refractivity contribution in [3.63, 3.8) is 0 Å². The number of methoxy groups -OCH3 is 1. The average Bonchev–Trinajstić information content (AvgIpc) is 3.12. The highest BCUT2D eigenvalue weighted by molar-refractivity contribution is 5.82. The Labute approximate surface area is 158 Å². The van der Waals surface area contributed by atoms with E-state index in [0.29, 0.717) is 31.8 Å². The van der Waals surface area contributed by atoms with Gasteiger partial charge >= 0.3 is 0 Å². The van der Waals surface area contributed by atoms with Gasteiger partial charge < -0.3 is 14.4 Å². The lowest BCUT2D eigenvalue weighted by Crippen LogP contribution is -2.51. The fraction of sp³-hybridized carbons (Fsp3) is 0.381. The number of carbonyl (C=O) groups excluding carboxylic acids is 1. The molecule has 0 unspecified atom stereocenters. The molecule has 0 aliphatic carbocycles. The van der Waals surface area contributed by atoms with Gasteiger partial charge in [0.25, 0.3) is 5.91 Å². The van der Waals surface area contributed by atoms with Crippen LogP contribution in [-0.2, 0) is 17.8 Å². The highest BCUT2D eigenvalue weighted by atomic mass is 19.1. The van der Waals surface area contributed by atoms with Crippen LogP contribution in [0.15, 0.2) is 42.5 Å². The van der Waals surface area contributed by atoms with E-state index in [4.69, 9.17) is 9.47 Å². The summed E-state index contributed by atoms with van der Waals surface area (Å²) in [5.74, 6) is 1.28. The molecule has 0 saturated carbocycles. The summed E-state index contributed by atoms with van der Waals surface area (Å²) in [6.45, 7) is 3.38. The Morgan fingerprint density at radius 2 is 1.96 bits per heavy atom. The average molecular weight is 370 g/mol. The number of carbonyl (C=O) groups is 1. The smallest absolute Gasteiger partial charge is 0.264 e. The zero-order valence-electron chi connectivity index (χ0n) is 15.4. The first-order valence-corrected chi connectivity index (χ1v) is 9.22. The highest BCUT2D eigenvalue weighted by Crippen LogP contribution is 2.29. The summed E-state index contributed by atoms with van der Waals surface area (Å²) in [5.41, 5.74) is 1.92. The molecule has 142 valence electrons. The summed E-state index contributed by atoms with van der Waals surface area (Å²) in [4.78, 5) is 16.9. The Morgan fingerprint density at radius 1 is 1.19 bits per heavy atom. The molecule has 5 nitrogen and oxygen atoms in total. The Kier molecular flexibility index (Phi) is 4.99. The molecular formula is C21H23FN2O3. The normalized spacial score (nSPS) is 19.5. The van der Waals surface area contributed by atoms with E-state index in [1.54, 1.807) is 13.2 Å². The molecule has 2 aliphatic rings. The number of benzene rings is 2. The van der Waals surface area contributed by atoms with E-state index >= 15 is 0 Å². The second-order valence-corrected chi connectivity index (χ2v) is 6.98. The fourth-order valence-corrected chi connectivity index (χ4v) is 3.76. The van der Waals surface area contributed by atoms with Crippen LogP contribution in [0.5, 0.6) is 11.5 Å². The molecule has 1 fully saturated rings. The summed E-state index contributed by atoms with van der Waals surface area (Å²) in [7, 11) is 1.59. The van der Waals surface area contributed by atoms with Crippen molar-refractivity contribution in [2.75, 3.05) is 33.3 Å². The van der Waals surface area contributed by atoms with Crippen LogP contribution in [0.3, 0.4) is 0 Å². The first-order valence-electron chi connectivity index (χ1n) is 9.22. The zero-order chi connectivity index (χ0) is 18.8. The minimum absolute atomic E-state index is 0.0502. The molecule has 2 aromatic rings. The number of para-hydroxylation sites is 1. The molecule has 2 aliphatic heterocycles. The van der Waals surface area contributed by atoms with Gasteiger partial charge in [-0.2, -0.15) is 0 Å². The Morgan fingerprint density at radius 3 is 2.70 bits per heavy atom. The van der Waals surface area contributed by atoms with E-state index in [2.05, 4.69) is 4.90 Å². The van der Waals surface area contributed by atoms with Crippen molar-refractivity contribution in [2.45, 2.75) is 19.1 Å². The second kappa shape index (κ2) is 7.56. The molecule has 6 heteroatoms. The van der Waals surface area contributed by atoms with Crippen molar-refractivity contribution in [3.8, 4) is 11.5 Å². The topological polar surface area (TPSA) is 42.0 Å². The van der Waals surface area contributed by atoms with E-state index < -0.39 is 6.10 Å². The van der Waals surface area contributed by atoms with Gasteiger partial charge in [-0.15, -0.1) is 0 Å². The quantitative estimate of drug-likeness (QED) is 0.829. The van der Waals surface area contributed by atoms with Gasteiger partial charge in [-0.1, -0.05) is 18.2 Å². The monoisotopic (exact) mass is 370 g/mol. The zero-order valence-corrected chi connectivity index (χ0v) is 15.4. The van der Waals surface area contributed by atoms with Crippen molar-refractivity contribution in [1.82, 2.24) is 9.80 Å². The number of hydrogen-bond donors (Lipinski definition) is 0. The van der Waals surface area contributed by atoms with Gasteiger partial charge in [0, 0.05) is 44.7 Å². The minimum atomic E-state index is -0.419. The molecule has 2 aromatic carbocycles. The Bertz CT molecular complexity index is 809. The van der Waals surface area contributed by atoms with Crippen LogP contribution >= 0.6 is 0 Å². The summed E-state index contributed by atoms with van der Waals surface area (Å²) in [5, 5.41) is 0. The van der Waals surface area contributed by atoms with Crippen LogP contribution in [0.2, 0.25) is 0 Å². The highest BCUT2D eigenvalue weighted by Gasteiger charge is 2.33. The molecule has 0 spiro atoms. The molecule has 0 N–H and O–H groups in total. The Balaban J connectivity index is 1.33. The maximum atomic E-state index is 13.6. The molecule has 1 saturated heterocycles. The molecule has 2 heterocycles. The molecule has 0 radical (unpaired) electrons. The number of ether oxygens (including phenoxy) is 2. The van der Waals surface area contributed by atoms with E-state index in [1.165, 1.54) is 12.1 Å². The largest absolute Gasteiger partial charge is 0.496 e. The lowest BCUT2D eigenvalue weighted by molar-refractivity contribution is -0.139. The van der Waals surface area contributed by atoms with Crippen molar-refractivity contribution < 1.29 is 18.7 Å². The van der Waals surface area contributed by atoms with E-state index in [0.717, 1.165) is 30.0 Å². The third-order valence-electron chi connectivity index (χ3n) is 5.24. The van der Waals surface area contributed by atoms with Gasteiger partial charge in [-0.25, -0.2) is 4.39 Å². The number of halogens is 1. The van der Waals surface area contributed by atoms with Gasteiger partial charge in [0.1, 0.15) is 17.3 Å². The standard InChI is InChI=1S/C21H23FN2O3/c1-26-18-7-6-17(22)12-16(18)14-23-8-10-24(11-9-23)21(25)20-13-15-4-2-3-5-19(15)27-20/h2-7,12,20H,8-11,13-14H2,1H3/t20-/m0/s1. The number of fused-ring (bicyclic) bond motifs is 1. The maximum absolute atomic E-state index is 13.6. The van der Waals surface area contributed by atoms with Crippen molar-refractivity contribution in [3.05, 3.63) is 59.4 Å². The molecule has 0 aromatic heterocycles. The number of nitrogens with zero attached hydrogens (tertiary/aromatic N) is 2. The van der Waals surface area contributed by atoms with E-state index in [1.807, 2.05) is 29.2 Å². The SMILES string of the molecule is COc1ccc(F)cc1CN1CCN(C(=O)[C@@H]2Cc3ccccc3O2)CC1. The number of amides is 1. The predicted molar refractivity (Wildman–Crippen MR) is 99.4 cm³/mol. The van der Waals surface area contributed by atoms with Crippen molar-refractivity contribution in [1.29, 1.82) is 0 Å². The van der Waals surface area contributed by atoms with Gasteiger partial charge in [0.2, 0.25) is 0 Å². The van der Waals surface area contributed by atoms with Gasteiger partial charge in [0.05, 0.1) is 7.11 Å². The molecular weight excluding hydrogens is 347 g/mol. The molecule has 27 heavy (non-hydrogen) atoms. The van der Waals surface area contributed by atoms with E-state index in [9.17, 15) is 9.18 Å². The molecule has 0 bridgehead atoms. The Hall–Kier alpha value is -2.60. The van der Waals surface area contributed by atoms with Crippen molar-refractivity contribution >= 4 is 5.91 Å². The van der Waals surface area contributed by atoms with E-state index in [-0.39, 0.29) is 11.7 Å². The molecule has 4 rings (SSSR count). The van der Waals surface area contributed by atoms with Crippen LogP contribution in [0.25, 0.3) is 0 Å². The first kappa shape index (κ1) is 17.8. The fourth-order valence-electron chi connectivity index (χ4n) is 3.76. The summed E-state index contributed by atoms with van der Waals surface area (Å²) in [6, 6.07) is 12.4. The lowest BCUT2D eigenvalue weighted by Gasteiger charge is -2.35. The van der Waals surface area contributed by atoms with Crippen LogP contribution in [0, 0.1) is 5.82 Å². The first-order chi connectivity index (χ1) is 13.1. The van der Waals surface area contributed by atoms with Crippen LogP contribution in [0.4, 0.5) is 4.39 Å².